The van der Waals surface area contributed by atoms with E-state index >= 15 is 0 Å². The number of esters is 1. The van der Waals surface area contributed by atoms with Crippen molar-refractivity contribution >= 4 is 39.4 Å². The fraction of sp³-hybridized carbons (Fsp3) is 0.118. The highest BCUT2D eigenvalue weighted by Gasteiger charge is 2.35. The number of carbonyl (C=O) groups excluding carboxylic acids is 3. The molecule has 1 aliphatic heterocycles. The predicted molar refractivity (Wildman–Crippen MR) is 90.9 cm³/mol. The van der Waals surface area contributed by atoms with Gasteiger partial charge in [0.25, 0.3) is 11.8 Å². The van der Waals surface area contributed by atoms with Gasteiger partial charge in [-0.1, -0.05) is 15.9 Å². The number of halogens is 1. The molecule has 2 aromatic carbocycles. The fourth-order valence-electron chi connectivity index (χ4n) is 2.42. The number of carbonyl (C=O) groups is 3. The number of amides is 2. The van der Waals surface area contributed by atoms with E-state index in [4.69, 9.17) is 0 Å². The van der Waals surface area contributed by atoms with Crippen LogP contribution >= 0.6 is 15.9 Å². The molecule has 6 nitrogen and oxygen atoms in total. The Kier molecular flexibility index (Phi) is 4.35. The largest absolute Gasteiger partial charge is 0.465 e. The summed E-state index contributed by atoms with van der Waals surface area (Å²) in [5, 5.41) is 3.00. The number of hydrogen-bond donors (Lipinski definition) is 1. The van der Waals surface area contributed by atoms with Crippen molar-refractivity contribution in [1.29, 1.82) is 0 Å². The second-order valence-corrected chi connectivity index (χ2v) is 6.05. The minimum Gasteiger partial charge on any atom is -0.465 e. The molecule has 1 heterocycles. The van der Waals surface area contributed by atoms with Crippen molar-refractivity contribution in [3.8, 4) is 0 Å². The topological polar surface area (TPSA) is 75.7 Å². The van der Waals surface area contributed by atoms with Crippen LogP contribution in [0.15, 0.2) is 46.9 Å². The van der Waals surface area contributed by atoms with Gasteiger partial charge >= 0.3 is 5.97 Å². The van der Waals surface area contributed by atoms with E-state index in [0.29, 0.717) is 22.4 Å². The van der Waals surface area contributed by atoms with Crippen LogP contribution in [0.25, 0.3) is 0 Å². The maximum absolute atomic E-state index is 12.3. The summed E-state index contributed by atoms with van der Waals surface area (Å²) in [5.41, 5.74) is 1.89. The Hall–Kier alpha value is -2.67. The number of hydrogen-bond acceptors (Lipinski definition) is 5. The number of rotatable bonds is 4. The van der Waals surface area contributed by atoms with Gasteiger partial charge in [-0.05, 0) is 42.5 Å². The normalized spacial score (nSPS) is 13.0. The van der Waals surface area contributed by atoms with Crippen molar-refractivity contribution in [2.24, 2.45) is 0 Å². The van der Waals surface area contributed by atoms with Gasteiger partial charge in [-0.2, -0.15) is 0 Å². The zero-order valence-electron chi connectivity index (χ0n) is 12.7. The van der Waals surface area contributed by atoms with Crippen molar-refractivity contribution < 1.29 is 19.1 Å². The summed E-state index contributed by atoms with van der Waals surface area (Å²) in [6, 6.07) is 11.6. The van der Waals surface area contributed by atoms with E-state index in [2.05, 4.69) is 26.0 Å². The van der Waals surface area contributed by atoms with Crippen LogP contribution in [-0.4, -0.2) is 36.5 Å². The van der Waals surface area contributed by atoms with Crippen LogP contribution < -0.4 is 5.32 Å². The van der Waals surface area contributed by atoms with Crippen LogP contribution in [0, 0.1) is 0 Å². The monoisotopic (exact) mass is 388 g/mol. The number of benzene rings is 2. The van der Waals surface area contributed by atoms with Crippen molar-refractivity contribution in [3.63, 3.8) is 0 Å². The number of methoxy groups -OCH3 is 1. The molecule has 0 atom stereocenters. The first-order chi connectivity index (χ1) is 11.5. The van der Waals surface area contributed by atoms with Crippen LogP contribution in [0.2, 0.25) is 0 Å². The predicted octanol–water partition coefficient (Wildman–Crippen LogP) is 2.90. The number of nitrogens with one attached hydrogen (secondary N) is 1. The van der Waals surface area contributed by atoms with Gasteiger partial charge in [0, 0.05) is 10.2 Å². The summed E-state index contributed by atoms with van der Waals surface area (Å²) in [4.78, 5) is 37.2. The first-order valence-corrected chi connectivity index (χ1v) is 7.88. The second-order valence-electron chi connectivity index (χ2n) is 5.13. The van der Waals surface area contributed by atoms with Crippen LogP contribution in [0.5, 0.6) is 0 Å². The lowest BCUT2D eigenvalue weighted by Gasteiger charge is -2.15. The third-order valence-electron chi connectivity index (χ3n) is 3.68. The average molecular weight is 389 g/mol. The Bertz CT molecular complexity index is 833. The van der Waals surface area contributed by atoms with Gasteiger partial charge in [0.15, 0.2) is 0 Å². The van der Waals surface area contributed by atoms with Gasteiger partial charge in [0.1, 0.15) is 0 Å². The molecule has 0 bridgehead atoms. The molecule has 0 fully saturated rings. The van der Waals surface area contributed by atoms with Crippen molar-refractivity contribution in [2.75, 3.05) is 19.1 Å². The zero-order chi connectivity index (χ0) is 17.3. The van der Waals surface area contributed by atoms with E-state index in [1.54, 1.807) is 42.5 Å². The molecule has 2 aromatic rings. The second kappa shape index (κ2) is 6.45. The highest BCUT2D eigenvalue weighted by atomic mass is 79.9. The molecule has 3 rings (SSSR count). The third-order valence-corrected chi connectivity index (χ3v) is 4.17. The summed E-state index contributed by atoms with van der Waals surface area (Å²) in [6.07, 6.45) is 0. The average Bonchev–Trinajstić information content (AvgIpc) is 2.83. The minimum absolute atomic E-state index is 0.0432. The van der Waals surface area contributed by atoms with E-state index in [-0.39, 0.29) is 18.5 Å². The number of ether oxygens (including phenoxy) is 1. The zero-order valence-corrected chi connectivity index (χ0v) is 14.3. The summed E-state index contributed by atoms with van der Waals surface area (Å²) < 4.78 is 5.38. The lowest BCUT2D eigenvalue weighted by Crippen LogP contribution is -2.34. The number of anilines is 1. The molecular formula is C17H13BrN2O4. The van der Waals surface area contributed by atoms with Crippen LogP contribution in [0.1, 0.15) is 31.1 Å². The molecule has 0 saturated heterocycles. The smallest absolute Gasteiger partial charge is 0.337 e. The van der Waals surface area contributed by atoms with Gasteiger partial charge in [0.05, 0.1) is 30.5 Å². The summed E-state index contributed by atoms with van der Waals surface area (Å²) in [5.74, 6) is -1.09. The Labute approximate surface area is 146 Å². The van der Waals surface area contributed by atoms with Gasteiger partial charge < -0.3 is 10.1 Å². The molecule has 24 heavy (non-hydrogen) atoms. The minimum atomic E-state index is -0.424. The molecule has 122 valence electrons. The highest BCUT2D eigenvalue weighted by molar-refractivity contribution is 9.10. The van der Waals surface area contributed by atoms with Gasteiger partial charge in [0.2, 0.25) is 0 Å². The van der Waals surface area contributed by atoms with Gasteiger partial charge in [-0.3, -0.25) is 14.5 Å². The molecule has 1 aliphatic rings. The maximum atomic E-state index is 12.3. The SMILES string of the molecule is COC(=O)c1ccc(NCN2C(=O)c3ccc(Br)cc3C2=O)cc1. The molecule has 0 aromatic heterocycles. The maximum Gasteiger partial charge on any atom is 0.337 e. The lowest BCUT2D eigenvalue weighted by molar-refractivity contribution is 0.0599. The summed E-state index contributed by atoms with van der Waals surface area (Å²) in [6.45, 7) is 0.0432. The first-order valence-electron chi connectivity index (χ1n) is 7.09. The van der Waals surface area contributed by atoms with Crippen molar-refractivity contribution in [1.82, 2.24) is 4.90 Å². The van der Waals surface area contributed by atoms with Gasteiger partial charge in [-0.15, -0.1) is 0 Å². The van der Waals surface area contributed by atoms with E-state index in [1.807, 2.05) is 0 Å². The quantitative estimate of drug-likeness (QED) is 0.643. The van der Waals surface area contributed by atoms with E-state index < -0.39 is 5.97 Å². The van der Waals surface area contributed by atoms with Gasteiger partial charge in [-0.25, -0.2) is 4.79 Å². The number of fused-ring (bicyclic) bond motifs is 1. The Morgan fingerprint density at radius 3 is 2.42 bits per heavy atom. The first kappa shape index (κ1) is 16.2. The molecule has 2 amide bonds. The van der Waals surface area contributed by atoms with Crippen molar-refractivity contribution in [2.45, 2.75) is 0 Å². The standard InChI is InChI=1S/C17H13BrN2O4/c1-24-17(23)10-2-5-12(6-3-10)19-9-20-15(21)13-7-4-11(18)8-14(13)16(20)22/h2-8,19H,9H2,1H3. The Morgan fingerprint density at radius 1 is 1.08 bits per heavy atom. The molecular weight excluding hydrogens is 376 g/mol. The third kappa shape index (κ3) is 2.90. The molecule has 1 N–H and O–H groups in total. The molecule has 0 unspecified atom stereocenters. The molecule has 7 heteroatoms. The number of imide groups is 1. The molecule has 0 spiro atoms. The molecule has 0 aliphatic carbocycles. The summed E-state index contributed by atoms with van der Waals surface area (Å²) in [7, 11) is 1.31. The lowest BCUT2D eigenvalue weighted by atomic mass is 10.1. The highest BCUT2D eigenvalue weighted by Crippen LogP contribution is 2.26. The summed E-state index contributed by atoms with van der Waals surface area (Å²) >= 11 is 3.30. The molecule has 0 saturated carbocycles. The Balaban J connectivity index is 1.70. The number of nitrogens with zero attached hydrogens (tertiary/aromatic N) is 1. The van der Waals surface area contributed by atoms with Crippen LogP contribution in [0.3, 0.4) is 0 Å². The van der Waals surface area contributed by atoms with Crippen LogP contribution in [-0.2, 0) is 4.74 Å². The fourth-order valence-corrected chi connectivity index (χ4v) is 2.78. The Morgan fingerprint density at radius 2 is 1.75 bits per heavy atom. The van der Waals surface area contributed by atoms with E-state index in [9.17, 15) is 14.4 Å². The van der Waals surface area contributed by atoms with Crippen molar-refractivity contribution in [3.05, 3.63) is 63.6 Å². The van der Waals surface area contributed by atoms with E-state index in [0.717, 1.165) is 9.37 Å². The van der Waals surface area contributed by atoms with Crippen LogP contribution in [0.4, 0.5) is 5.69 Å². The molecule has 0 radical (unpaired) electrons. The van der Waals surface area contributed by atoms with E-state index in [1.165, 1.54) is 7.11 Å².